The van der Waals surface area contributed by atoms with Crippen LogP contribution in [0.1, 0.15) is 34.0 Å². The molecule has 4 N–H and O–H groups in total. The minimum Gasteiger partial charge on any atom is -0.394 e. The van der Waals surface area contributed by atoms with E-state index < -0.39 is 46.3 Å². The zero-order valence-electron chi connectivity index (χ0n) is 22.3. The highest BCUT2D eigenvalue weighted by Crippen LogP contribution is 2.18. The van der Waals surface area contributed by atoms with Crippen LogP contribution in [0.2, 0.25) is 0 Å². The van der Waals surface area contributed by atoms with Gasteiger partial charge in [0.15, 0.2) is 0 Å². The predicted molar refractivity (Wildman–Crippen MR) is 148 cm³/mol. The standard InChI is InChI=1S/C28H34F2N4O5S/c1-3-19-5-4-6-20(9-19)15-31-18-27(36)26(12-21-10-23(29)14-24(30)11-21)33-28(37)22-13-25(17-32-16-22)34(7-8-35)40(2,38)39/h4-6,9-11,13-14,16-17,26-27,31,35-36H,3,7-8,12,15,18H2,1-2H3,(H,33,37)/t26-,27+/m0/s1. The Kier molecular flexibility index (Phi) is 11.1. The van der Waals surface area contributed by atoms with E-state index >= 15 is 0 Å². The van der Waals surface area contributed by atoms with Gasteiger partial charge in [-0.15, -0.1) is 0 Å². The molecule has 2 aromatic carbocycles. The van der Waals surface area contributed by atoms with Gasteiger partial charge in [0.2, 0.25) is 10.0 Å². The zero-order valence-corrected chi connectivity index (χ0v) is 23.2. The molecule has 0 aliphatic rings. The molecule has 2 atom stereocenters. The van der Waals surface area contributed by atoms with Crippen molar-refractivity contribution >= 4 is 21.6 Å². The summed E-state index contributed by atoms with van der Waals surface area (Å²) < 4.78 is 52.9. The SMILES string of the molecule is CCc1cccc(CNC[C@@H](O)[C@H](Cc2cc(F)cc(F)c2)NC(=O)c2cncc(N(CCO)S(C)(=O)=O)c2)c1. The molecule has 12 heteroatoms. The Morgan fingerprint density at radius 1 is 1.05 bits per heavy atom. The van der Waals surface area contributed by atoms with E-state index in [2.05, 4.69) is 22.5 Å². The average molecular weight is 577 g/mol. The maximum Gasteiger partial charge on any atom is 0.253 e. The molecule has 1 aromatic heterocycles. The average Bonchev–Trinajstić information content (AvgIpc) is 2.90. The molecule has 3 aromatic rings. The number of aliphatic hydroxyl groups excluding tert-OH is 2. The number of aromatic nitrogens is 1. The molecule has 0 aliphatic heterocycles. The number of hydrogen-bond donors (Lipinski definition) is 4. The van der Waals surface area contributed by atoms with Crippen LogP contribution in [0.25, 0.3) is 0 Å². The maximum atomic E-state index is 13.9. The number of halogens is 2. The van der Waals surface area contributed by atoms with Crippen molar-refractivity contribution in [2.75, 3.05) is 30.3 Å². The highest BCUT2D eigenvalue weighted by molar-refractivity contribution is 7.92. The van der Waals surface area contributed by atoms with Crippen molar-refractivity contribution in [1.82, 2.24) is 15.6 Å². The van der Waals surface area contributed by atoms with Crippen LogP contribution < -0.4 is 14.9 Å². The second-order valence-electron chi connectivity index (χ2n) is 9.42. The minimum atomic E-state index is -3.76. The number of nitrogens with zero attached hydrogens (tertiary/aromatic N) is 2. The lowest BCUT2D eigenvalue weighted by Crippen LogP contribution is -2.48. The smallest absolute Gasteiger partial charge is 0.253 e. The molecule has 0 saturated carbocycles. The molecule has 9 nitrogen and oxygen atoms in total. The molecule has 0 bridgehead atoms. The van der Waals surface area contributed by atoms with Gasteiger partial charge in [0, 0.05) is 25.4 Å². The van der Waals surface area contributed by atoms with Crippen LogP contribution in [0, 0.1) is 11.6 Å². The summed E-state index contributed by atoms with van der Waals surface area (Å²) in [6.07, 6.45) is 3.08. The van der Waals surface area contributed by atoms with E-state index in [1.54, 1.807) is 0 Å². The van der Waals surface area contributed by atoms with Crippen molar-refractivity contribution in [3.05, 3.63) is 94.8 Å². The number of amides is 1. The van der Waals surface area contributed by atoms with E-state index in [1.807, 2.05) is 24.3 Å². The maximum absolute atomic E-state index is 13.9. The van der Waals surface area contributed by atoms with Crippen LogP contribution in [0.3, 0.4) is 0 Å². The molecule has 0 aliphatic carbocycles. The summed E-state index contributed by atoms with van der Waals surface area (Å²) in [6, 6.07) is 11.3. The number of aryl methyl sites for hydroxylation is 1. The minimum absolute atomic E-state index is 0.00366. The third-order valence-corrected chi connectivity index (χ3v) is 7.41. The number of rotatable bonds is 14. The third kappa shape index (κ3) is 9.05. The van der Waals surface area contributed by atoms with E-state index in [0.717, 1.165) is 40.7 Å². The van der Waals surface area contributed by atoms with Gasteiger partial charge < -0.3 is 20.8 Å². The number of anilines is 1. The lowest BCUT2D eigenvalue weighted by atomic mass is 10.00. The monoisotopic (exact) mass is 576 g/mol. The first-order valence-electron chi connectivity index (χ1n) is 12.8. The molecule has 1 amide bonds. The van der Waals surface area contributed by atoms with E-state index in [0.29, 0.717) is 6.54 Å². The number of carbonyl (C=O) groups is 1. The summed E-state index contributed by atoms with van der Waals surface area (Å²) in [4.78, 5) is 17.1. The van der Waals surface area contributed by atoms with Crippen LogP contribution in [-0.2, 0) is 29.4 Å². The fourth-order valence-electron chi connectivity index (χ4n) is 4.25. The molecule has 1 heterocycles. The van der Waals surface area contributed by atoms with Gasteiger partial charge in [-0.1, -0.05) is 31.2 Å². The van der Waals surface area contributed by atoms with Gasteiger partial charge in [0.25, 0.3) is 5.91 Å². The topological polar surface area (TPSA) is 132 Å². The van der Waals surface area contributed by atoms with E-state index in [1.165, 1.54) is 24.0 Å². The molecule has 3 rings (SSSR count). The normalized spacial score (nSPS) is 13.1. The number of carbonyl (C=O) groups excluding carboxylic acids is 1. The van der Waals surface area contributed by atoms with Crippen molar-refractivity contribution < 1.29 is 32.2 Å². The number of pyridine rings is 1. The summed E-state index contributed by atoms with van der Waals surface area (Å²) in [6.45, 7) is 1.89. The van der Waals surface area contributed by atoms with E-state index in [4.69, 9.17) is 0 Å². The third-order valence-electron chi connectivity index (χ3n) is 6.22. The summed E-state index contributed by atoms with van der Waals surface area (Å²) >= 11 is 0. The molecule has 0 fully saturated rings. The molecule has 216 valence electrons. The van der Waals surface area contributed by atoms with Crippen molar-refractivity contribution in [2.24, 2.45) is 0 Å². The second kappa shape index (κ2) is 14.3. The Morgan fingerprint density at radius 2 is 1.75 bits per heavy atom. The van der Waals surface area contributed by atoms with Crippen molar-refractivity contribution in [3.8, 4) is 0 Å². The van der Waals surface area contributed by atoms with Gasteiger partial charge in [0.1, 0.15) is 11.6 Å². The van der Waals surface area contributed by atoms with Gasteiger partial charge in [-0.3, -0.25) is 14.1 Å². The largest absolute Gasteiger partial charge is 0.394 e. The van der Waals surface area contributed by atoms with Crippen molar-refractivity contribution in [1.29, 1.82) is 0 Å². The summed E-state index contributed by atoms with van der Waals surface area (Å²) in [5, 5.41) is 26.1. The van der Waals surface area contributed by atoms with E-state index in [-0.39, 0.29) is 36.3 Å². The second-order valence-corrected chi connectivity index (χ2v) is 11.3. The summed E-state index contributed by atoms with van der Waals surface area (Å²) in [5.41, 5.74) is 2.49. The fourth-order valence-corrected chi connectivity index (χ4v) is 5.15. The Bertz CT molecular complexity index is 1390. The number of aliphatic hydroxyl groups is 2. The van der Waals surface area contributed by atoms with Gasteiger partial charge in [-0.25, -0.2) is 17.2 Å². The predicted octanol–water partition coefficient (Wildman–Crippen LogP) is 2.17. The number of hydrogen-bond acceptors (Lipinski definition) is 7. The first-order chi connectivity index (χ1) is 19.0. The summed E-state index contributed by atoms with van der Waals surface area (Å²) in [7, 11) is -3.76. The highest BCUT2D eigenvalue weighted by atomic mass is 32.2. The van der Waals surface area contributed by atoms with Crippen LogP contribution in [0.15, 0.2) is 60.9 Å². The van der Waals surface area contributed by atoms with Crippen molar-refractivity contribution in [2.45, 2.75) is 38.5 Å². The van der Waals surface area contributed by atoms with Crippen LogP contribution in [-0.4, -0.2) is 67.6 Å². The Hall–Kier alpha value is -3.45. The molecule has 0 unspecified atom stereocenters. The van der Waals surface area contributed by atoms with Crippen LogP contribution in [0.5, 0.6) is 0 Å². The fraction of sp³-hybridized carbons (Fsp3) is 0.357. The van der Waals surface area contributed by atoms with Gasteiger partial charge in [-0.05, 0) is 47.7 Å². The highest BCUT2D eigenvalue weighted by Gasteiger charge is 2.24. The first kappa shape index (κ1) is 31.1. The van der Waals surface area contributed by atoms with Crippen molar-refractivity contribution in [3.63, 3.8) is 0 Å². The summed E-state index contributed by atoms with van der Waals surface area (Å²) in [5.74, 6) is -2.25. The van der Waals surface area contributed by atoms with Gasteiger partial charge >= 0.3 is 0 Å². The molecule has 0 spiro atoms. The van der Waals surface area contributed by atoms with Gasteiger partial charge in [-0.2, -0.15) is 0 Å². The zero-order chi connectivity index (χ0) is 29.3. The molecule has 0 saturated heterocycles. The number of nitrogens with one attached hydrogen (secondary N) is 2. The molecule has 40 heavy (non-hydrogen) atoms. The lowest BCUT2D eigenvalue weighted by Gasteiger charge is -2.25. The quantitative estimate of drug-likeness (QED) is 0.231. The number of benzene rings is 2. The first-order valence-corrected chi connectivity index (χ1v) is 14.6. The van der Waals surface area contributed by atoms with Gasteiger partial charge in [0.05, 0.1) is 49.0 Å². The molecular weight excluding hydrogens is 542 g/mol. The Labute approximate surface area is 232 Å². The van der Waals surface area contributed by atoms with Crippen LogP contribution >= 0.6 is 0 Å². The Balaban J connectivity index is 1.79. The van der Waals surface area contributed by atoms with E-state index in [9.17, 15) is 32.2 Å². The number of sulfonamides is 1. The lowest BCUT2D eigenvalue weighted by molar-refractivity contribution is 0.0829. The molecule has 0 radical (unpaired) electrons. The Morgan fingerprint density at radius 3 is 2.40 bits per heavy atom. The molecular formula is C28H34F2N4O5S. The van der Waals surface area contributed by atoms with Crippen LogP contribution in [0.4, 0.5) is 14.5 Å².